The average molecular weight is 637 g/mol. The molecule has 0 heterocycles. The van der Waals surface area contributed by atoms with Crippen molar-refractivity contribution in [3.05, 3.63) is 123 Å². The van der Waals surface area contributed by atoms with Gasteiger partial charge in [-0.05, 0) is 12.1 Å². The summed E-state index contributed by atoms with van der Waals surface area (Å²) in [6.07, 6.45) is -0.750. The van der Waals surface area contributed by atoms with E-state index in [0.717, 1.165) is 18.2 Å². The molecular formula is C28H5BF15-. The Bertz CT molecular complexity index is 1740. The Morgan fingerprint density at radius 1 is 0.386 bits per heavy atom. The zero-order valence-corrected chi connectivity index (χ0v) is 20.6. The van der Waals surface area contributed by atoms with Crippen molar-refractivity contribution < 1.29 is 65.9 Å². The van der Waals surface area contributed by atoms with Crippen molar-refractivity contribution in [3.63, 3.8) is 0 Å². The van der Waals surface area contributed by atoms with Gasteiger partial charge >= 0.3 is 0 Å². The van der Waals surface area contributed by atoms with E-state index in [4.69, 9.17) is 6.42 Å². The molecule has 44 heavy (non-hydrogen) atoms. The molecule has 0 saturated carbocycles. The molecule has 0 nitrogen and oxygen atoms in total. The lowest BCUT2D eigenvalue weighted by atomic mass is 9.15. The Labute approximate surface area is 235 Å². The molecule has 4 rings (SSSR count). The Morgan fingerprint density at radius 3 is 0.909 bits per heavy atom. The Kier molecular flexibility index (Phi) is 8.17. The van der Waals surface area contributed by atoms with Crippen molar-refractivity contribution >= 4 is 22.5 Å². The molecule has 4 aromatic carbocycles. The maximum atomic E-state index is 15.4. The van der Waals surface area contributed by atoms with Crippen LogP contribution in [-0.2, 0) is 0 Å². The van der Waals surface area contributed by atoms with Gasteiger partial charge in [0, 0.05) is 11.1 Å². The Balaban J connectivity index is 2.52. The minimum Gasteiger partial charge on any atom is -0.291 e. The second-order valence-corrected chi connectivity index (χ2v) is 8.78. The minimum absolute atomic E-state index is 0.350. The minimum atomic E-state index is -5.99. The van der Waals surface area contributed by atoms with E-state index >= 15 is 26.3 Å². The molecule has 0 aliphatic rings. The van der Waals surface area contributed by atoms with Gasteiger partial charge in [-0.3, -0.25) is 5.82 Å². The second kappa shape index (κ2) is 11.3. The Morgan fingerprint density at radius 2 is 0.636 bits per heavy atom. The molecule has 0 unspecified atom stereocenters. The average Bonchev–Trinajstić information content (AvgIpc) is 3.01. The van der Waals surface area contributed by atoms with E-state index in [1.54, 1.807) is 5.92 Å². The number of halogens is 15. The smallest absolute Gasteiger partial charge is 0.200 e. The predicted octanol–water partition coefficient (Wildman–Crippen LogP) is 5.82. The van der Waals surface area contributed by atoms with Crippen LogP contribution in [0.5, 0.6) is 0 Å². The second-order valence-electron chi connectivity index (χ2n) is 8.78. The van der Waals surface area contributed by atoms with Crippen molar-refractivity contribution in [2.45, 2.75) is 0 Å². The van der Waals surface area contributed by atoms with Gasteiger partial charge in [-0.1, -0.05) is 18.1 Å². The first-order valence-corrected chi connectivity index (χ1v) is 11.4. The number of hydrogen-bond donors (Lipinski definition) is 0. The summed E-state index contributed by atoms with van der Waals surface area (Å²) in [5, 5.41) is 0. The molecule has 0 fully saturated rings. The number of hydrogen-bond acceptors (Lipinski definition) is 0. The first-order valence-electron chi connectivity index (χ1n) is 11.4. The highest BCUT2D eigenvalue weighted by Gasteiger charge is 2.47. The summed E-state index contributed by atoms with van der Waals surface area (Å²) in [4.78, 5) is 0. The van der Waals surface area contributed by atoms with Gasteiger partial charge in [0.15, 0.2) is 58.5 Å². The summed E-state index contributed by atoms with van der Waals surface area (Å²) in [5.74, 6) is -41.6. The molecule has 0 atom stereocenters. The maximum absolute atomic E-state index is 15.4. The largest absolute Gasteiger partial charge is 0.291 e. The molecular weight excluding hydrogens is 632 g/mol. The fourth-order valence-electron chi connectivity index (χ4n) is 4.56. The van der Waals surface area contributed by atoms with Crippen molar-refractivity contribution in [2.75, 3.05) is 0 Å². The topological polar surface area (TPSA) is 0 Å². The molecule has 0 spiro atoms. The zero-order valence-electron chi connectivity index (χ0n) is 20.6. The van der Waals surface area contributed by atoms with Gasteiger partial charge in [-0.15, -0.1) is 28.7 Å². The van der Waals surface area contributed by atoms with Crippen LogP contribution in [0.25, 0.3) is 0 Å². The van der Waals surface area contributed by atoms with E-state index in [9.17, 15) is 39.5 Å². The molecule has 0 aliphatic heterocycles. The van der Waals surface area contributed by atoms with E-state index < -0.39 is 115 Å². The van der Waals surface area contributed by atoms with Crippen molar-refractivity contribution in [1.29, 1.82) is 0 Å². The molecule has 0 aliphatic carbocycles. The molecule has 16 heteroatoms. The molecule has 0 saturated heterocycles. The van der Waals surface area contributed by atoms with Gasteiger partial charge in [0.2, 0.25) is 0 Å². The summed E-state index contributed by atoms with van der Waals surface area (Å²) < 4.78 is 221. The summed E-state index contributed by atoms with van der Waals surface area (Å²) in [6.45, 7) is 0. The van der Waals surface area contributed by atoms with E-state index in [-0.39, 0.29) is 5.56 Å². The van der Waals surface area contributed by atoms with Gasteiger partial charge in [0.1, 0.15) is 34.9 Å². The fraction of sp³-hybridized carbons (Fsp3) is 0. The lowest BCUT2D eigenvalue weighted by Crippen LogP contribution is -2.72. The van der Waals surface area contributed by atoms with Crippen LogP contribution in [0.4, 0.5) is 65.9 Å². The van der Waals surface area contributed by atoms with E-state index in [1.807, 2.05) is 5.92 Å². The molecule has 0 amide bonds. The van der Waals surface area contributed by atoms with Gasteiger partial charge in [-0.25, -0.2) is 65.9 Å². The van der Waals surface area contributed by atoms with Gasteiger partial charge in [0.25, 0.3) is 0 Å². The van der Waals surface area contributed by atoms with Crippen LogP contribution >= 0.6 is 0 Å². The monoisotopic (exact) mass is 637 g/mol. The molecule has 0 N–H and O–H groups in total. The summed E-state index contributed by atoms with van der Waals surface area (Å²) >= 11 is 0. The van der Waals surface area contributed by atoms with E-state index in [2.05, 4.69) is 0 Å². The van der Waals surface area contributed by atoms with Crippen molar-refractivity contribution in [3.8, 4) is 24.1 Å². The van der Waals surface area contributed by atoms with Crippen molar-refractivity contribution in [2.24, 2.45) is 0 Å². The van der Waals surface area contributed by atoms with Crippen molar-refractivity contribution in [1.82, 2.24) is 0 Å². The lowest BCUT2D eigenvalue weighted by molar-refractivity contribution is 0.380. The maximum Gasteiger partial charge on any atom is 0.200 e. The normalized spacial score (nSPS) is 11.3. The summed E-state index contributed by atoms with van der Waals surface area (Å²) in [6, 6.07) is 4.25. The van der Waals surface area contributed by atoms with Crippen LogP contribution < -0.4 is 16.4 Å². The van der Waals surface area contributed by atoms with E-state index in [0.29, 0.717) is 0 Å². The first-order chi connectivity index (χ1) is 20.6. The Hall–Kier alpha value is -4.99. The van der Waals surface area contributed by atoms with Gasteiger partial charge in [-0.2, -0.15) is 0 Å². The van der Waals surface area contributed by atoms with Gasteiger partial charge in [0.05, 0.1) is 0 Å². The number of benzene rings is 4. The van der Waals surface area contributed by atoms with E-state index in [1.165, 1.54) is 11.9 Å². The first kappa shape index (κ1) is 31.9. The third-order valence-corrected chi connectivity index (χ3v) is 6.54. The van der Waals surface area contributed by atoms with Crippen LogP contribution in [-0.4, -0.2) is 6.15 Å². The quantitative estimate of drug-likeness (QED) is 0.0875. The summed E-state index contributed by atoms with van der Waals surface area (Å²) in [5.41, 5.74) is -9.43. The number of terminal acetylenes is 1. The predicted molar refractivity (Wildman–Crippen MR) is 125 cm³/mol. The molecule has 0 bridgehead atoms. The lowest BCUT2D eigenvalue weighted by Gasteiger charge is -2.39. The van der Waals surface area contributed by atoms with Crippen LogP contribution in [0.3, 0.4) is 0 Å². The number of rotatable bonds is 3. The third-order valence-electron chi connectivity index (χ3n) is 6.54. The van der Waals surface area contributed by atoms with Crippen LogP contribution in [0.1, 0.15) is 11.1 Å². The standard InChI is InChI=1S/C28H5BF15/c1-2-9-5-3-4-6-10(9)7-8-29(11-14(30)20(36)26(42)21(37)15(11)31,12-16(32)22(38)27(43)23(39)17(12)33)13-18(34)24(40)28(44)25(41)19(13)35/h1,3-6H/q-1. The van der Waals surface area contributed by atoms with Crippen LogP contribution in [0.2, 0.25) is 0 Å². The SMILES string of the molecule is C#Cc1ccccc1C#C[B-](c1c(F)c(F)c(F)c(F)c1F)(c1c(F)c(F)c(F)c(F)c1F)c1c(F)c(F)c(F)c(F)c1F. The fourth-order valence-corrected chi connectivity index (χ4v) is 4.56. The highest BCUT2D eigenvalue weighted by Crippen LogP contribution is 2.28. The molecule has 226 valence electrons. The highest BCUT2D eigenvalue weighted by molar-refractivity contribution is 7.17. The molecule has 0 radical (unpaired) electrons. The van der Waals surface area contributed by atoms with Gasteiger partial charge < -0.3 is 0 Å². The zero-order chi connectivity index (χ0) is 33.0. The molecule has 4 aromatic rings. The molecule has 0 aromatic heterocycles. The highest BCUT2D eigenvalue weighted by atomic mass is 19.2. The summed E-state index contributed by atoms with van der Waals surface area (Å²) in [7, 11) is 0. The third kappa shape index (κ3) is 4.44. The van der Waals surface area contributed by atoms with Crippen LogP contribution in [0, 0.1) is 111 Å². The van der Waals surface area contributed by atoms with Crippen LogP contribution in [0.15, 0.2) is 24.3 Å².